The molecule has 0 aliphatic rings. The molecule has 0 amide bonds. The monoisotopic (exact) mass is 334 g/mol. The molecular formula is C13H19ClN2O2S2. The highest BCUT2D eigenvalue weighted by molar-refractivity contribution is 7.89. The van der Waals surface area contributed by atoms with E-state index in [4.69, 9.17) is 29.6 Å². The van der Waals surface area contributed by atoms with Gasteiger partial charge in [-0.1, -0.05) is 50.7 Å². The minimum absolute atomic E-state index is 0.0243. The topological polar surface area (TPSA) is 63.4 Å². The fraction of sp³-hybridized carbons (Fsp3) is 0.462. The standard InChI is InChI=1S/C13H19ClN2O2S2/c1-13(2,3)8-16(4)20(17,18)11-7-9(12(15)19)5-6-10(11)14/h5-7H,8H2,1-4H3,(H2,15,19). The second kappa shape index (κ2) is 5.97. The molecule has 0 saturated carbocycles. The lowest BCUT2D eigenvalue weighted by Gasteiger charge is -2.26. The van der Waals surface area contributed by atoms with Crippen LogP contribution in [0.25, 0.3) is 0 Å². The zero-order chi connectivity index (χ0) is 15.7. The van der Waals surface area contributed by atoms with Gasteiger partial charge in [-0.05, 0) is 17.5 Å². The summed E-state index contributed by atoms with van der Waals surface area (Å²) < 4.78 is 26.4. The molecule has 0 aromatic heterocycles. The van der Waals surface area contributed by atoms with Gasteiger partial charge in [0.25, 0.3) is 0 Å². The van der Waals surface area contributed by atoms with Crippen molar-refractivity contribution in [3.8, 4) is 0 Å². The minimum Gasteiger partial charge on any atom is -0.389 e. The molecule has 7 heteroatoms. The molecule has 1 rings (SSSR count). The highest BCUT2D eigenvalue weighted by Gasteiger charge is 2.27. The van der Waals surface area contributed by atoms with E-state index in [1.54, 1.807) is 6.07 Å². The molecule has 0 bridgehead atoms. The summed E-state index contributed by atoms with van der Waals surface area (Å²) in [4.78, 5) is 0.160. The van der Waals surface area contributed by atoms with Crippen LogP contribution in [-0.2, 0) is 10.0 Å². The first-order valence-corrected chi connectivity index (χ1v) is 8.23. The van der Waals surface area contributed by atoms with Crippen LogP contribution >= 0.6 is 23.8 Å². The van der Waals surface area contributed by atoms with Crippen molar-refractivity contribution in [3.05, 3.63) is 28.8 Å². The molecule has 1 aromatic carbocycles. The van der Waals surface area contributed by atoms with Crippen molar-refractivity contribution in [1.82, 2.24) is 4.31 Å². The van der Waals surface area contributed by atoms with Crippen molar-refractivity contribution in [1.29, 1.82) is 0 Å². The third kappa shape index (κ3) is 4.15. The Bertz CT molecular complexity index is 622. The van der Waals surface area contributed by atoms with E-state index in [1.807, 2.05) is 20.8 Å². The first-order chi connectivity index (χ1) is 8.95. The molecule has 0 radical (unpaired) electrons. The Balaban J connectivity index is 3.28. The number of hydrogen-bond donors (Lipinski definition) is 1. The van der Waals surface area contributed by atoms with Crippen molar-refractivity contribution in [2.45, 2.75) is 25.7 Å². The summed E-state index contributed by atoms with van der Waals surface area (Å²) in [5, 5.41) is 0.158. The predicted octanol–water partition coefficient (Wildman–Crippen LogP) is 2.64. The average molecular weight is 335 g/mol. The first-order valence-electron chi connectivity index (χ1n) is 6.01. The van der Waals surface area contributed by atoms with E-state index in [2.05, 4.69) is 0 Å². The summed E-state index contributed by atoms with van der Waals surface area (Å²) in [5.41, 5.74) is 5.85. The summed E-state index contributed by atoms with van der Waals surface area (Å²) in [6.45, 7) is 6.27. The Labute approximate surface area is 131 Å². The normalized spacial score (nSPS) is 12.7. The van der Waals surface area contributed by atoms with E-state index in [-0.39, 0.29) is 20.3 Å². The lowest BCUT2D eigenvalue weighted by atomic mass is 9.97. The van der Waals surface area contributed by atoms with Crippen LogP contribution in [0.2, 0.25) is 5.02 Å². The zero-order valence-electron chi connectivity index (χ0n) is 12.0. The smallest absolute Gasteiger partial charge is 0.244 e. The molecule has 2 N–H and O–H groups in total. The molecular weight excluding hydrogens is 316 g/mol. The van der Waals surface area contributed by atoms with Gasteiger partial charge in [0.05, 0.1) is 5.02 Å². The van der Waals surface area contributed by atoms with E-state index in [1.165, 1.54) is 23.5 Å². The number of benzene rings is 1. The quantitative estimate of drug-likeness (QED) is 0.860. The maximum Gasteiger partial charge on any atom is 0.244 e. The van der Waals surface area contributed by atoms with Crippen molar-refractivity contribution in [3.63, 3.8) is 0 Å². The van der Waals surface area contributed by atoms with Gasteiger partial charge in [0, 0.05) is 19.2 Å². The van der Waals surface area contributed by atoms with Crippen LogP contribution in [0.1, 0.15) is 26.3 Å². The molecule has 0 saturated heterocycles. The molecule has 0 spiro atoms. The highest BCUT2D eigenvalue weighted by Crippen LogP contribution is 2.27. The fourth-order valence-corrected chi connectivity index (χ4v) is 3.80. The number of halogens is 1. The molecule has 0 unspecified atom stereocenters. The number of thiocarbonyl (C=S) groups is 1. The van der Waals surface area contributed by atoms with Gasteiger partial charge in [0.1, 0.15) is 9.88 Å². The Morgan fingerprint density at radius 2 is 1.95 bits per heavy atom. The molecule has 4 nitrogen and oxygen atoms in total. The molecule has 0 aliphatic carbocycles. The lowest BCUT2D eigenvalue weighted by molar-refractivity contribution is 0.311. The third-order valence-corrected chi connectivity index (χ3v) is 5.12. The molecule has 20 heavy (non-hydrogen) atoms. The summed E-state index contributed by atoms with van der Waals surface area (Å²) in [7, 11) is -2.14. The van der Waals surface area contributed by atoms with Gasteiger partial charge in [-0.25, -0.2) is 12.7 Å². The van der Waals surface area contributed by atoms with Crippen LogP contribution in [0.3, 0.4) is 0 Å². The second-order valence-electron chi connectivity index (χ2n) is 5.83. The number of nitrogens with two attached hydrogens (primary N) is 1. The Morgan fingerprint density at radius 3 is 2.40 bits per heavy atom. The molecule has 0 fully saturated rings. The van der Waals surface area contributed by atoms with Gasteiger partial charge in [-0.15, -0.1) is 0 Å². The van der Waals surface area contributed by atoms with Gasteiger partial charge in [-0.2, -0.15) is 0 Å². The number of rotatable bonds is 4. The summed E-state index contributed by atoms with van der Waals surface area (Å²) in [6.07, 6.45) is 0. The molecule has 0 atom stereocenters. The number of sulfonamides is 1. The van der Waals surface area contributed by atoms with Gasteiger partial charge in [-0.3, -0.25) is 0 Å². The van der Waals surface area contributed by atoms with Crippen LogP contribution in [0, 0.1) is 5.41 Å². The largest absolute Gasteiger partial charge is 0.389 e. The maximum atomic E-state index is 12.6. The van der Waals surface area contributed by atoms with E-state index in [0.717, 1.165) is 0 Å². The Morgan fingerprint density at radius 1 is 1.40 bits per heavy atom. The zero-order valence-corrected chi connectivity index (χ0v) is 14.4. The predicted molar refractivity (Wildman–Crippen MR) is 86.6 cm³/mol. The Hall–Kier alpha value is -0.690. The van der Waals surface area contributed by atoms with Gasteiger partial charge in [0.15, 0.2) is 0 Å². The van der Waals surface area contributed by atoms with Crippen LogP contribution in [0.5, 0.6) is 0 Å². The van der Waals surface area contributed by atoms with E-state index >= 15 is 0 Å². The Kier molecular flexibility index (Phi) is 5.18. The fourth-order valence-electron chi connectivity index (χ4n) is 1.78. The van der Waals surface area contributed by atoms with Crippen LogP contribution in [-0.4, -0.2) is 31.3 Å². The van der Waals surface area contributed by atoms with Crippen molar-refractivity contribution in [2.75, 3.05) is 13.6 Å². The average Bonchev–Trinajstić information content (AvgIpc) is 2.26. The summed E-state index contributed by atoms with van der Waals surface area (Å²) in [5.74, 6) is 0. The lowest BCUT2D eigenvalue weighted by Crippen LogP contribution is -2.34. The molecule has 112 valence electrons. The number of nitrogens with zero attached hydrogens (tertiary/aromatic N) is 1. The molecule has 0 heterocycles. The van der Waals surface area contributed by atoms with Gasteiger partial charge < -0.3 is 5.73 Å². The van der Waals surface area contributed by atoms with Crippen molar-refractivity contribution in [2.24, 2.45) is 11.1 Å². The van der Waals surface area contributed by atoms with Crippen LogP contribution < -0.4 is 5.73 Å². The van der Waals surface area contributed by atoms with Gasteiger partial charge in [0.2, 0.25) is 10.0 Å². The first kappa shape index (κ1) is 17.4. The maximum absolute atomic E-state index is 12.6. The minimum atomic E-state index is -3.67. The number of hydrogen-bond acceptors (Lipinski definition) is 3. The highest BCUT2D eigenvalue weighted by atomic mass is 35.5. The van der Waals surface area contributed by atoms with E-state index in [9.17, 15) is 8.42 Å². The van der Waals surface area contributed by atoms with Crippen molar-refractivity contribution < 1.29 is 8.42 Å². The van der Waals surface area contributed by atoms with Crippen LogP contribution in [0.4, 0.5) is 0 Å². The van der Waals surface area contributed by atoms with E-state index < -0.39 is 10.0 Å². The SMILES string of the molecule is CN(CC(C)(C)C)S(=O)(=O)c1cc(C(N)=S)ccc1Cl. The molecule has 0 aliphatic heterocycles. The third-order valence-electron chi connectivity index (χ3n) is 2.60. The van der Waals surface area contributed by atoms with E-state index in [0.29, 0.717) is 12.1 Å². The van der Waals surface area contributed by atoms with Crippen molar-refractivity contribution >= 4 is 38.8 Å². The molecule has 1 aromatic rings. The summed E-state index contributed by atoms with van der Waals surface area (Å²) in [6, 6.07) is 4.51. The summed E-state index contributed by atoms with van der Waals surface area (Å²) >= 11 is 10.9. The van der Waals surface area contributed by atoms with Gasteiger partial charge >= 0.3 is 0 Å². The second-order valence-corrected chi connectivity index (χ2v) is 8.69. The van der Waals surface area contributed by atoms with Crippen LogP contribution in [0.15, 0.2) is 23.1 Å².